The van der Waals surface area contributed by atoms with Gasteiger partial charge in [0, 0.05) is 18.3 Å². The Bertz CT molecular complexity index is 382. The number of nitrogens with zero attached hydrogens (tertiary/aromatic N) is 2. The Morgan fingerprint density at radius 2 is 2.33 bits per heavy atom. The van der Waals surface area contributed by atoms with E-state index in [1.165, 1.54) is 0 Å². The summed E-state index contributed by atoms with van der Waals surface area (Å²) in [5.41, 5.74) is 8.77. The first kappa shape index (κ1) is 14.4. The van der Waals surface area contributed by atoms with Gasteiger partial charge in [0.05, 0.1) is 6.54 Å². The second-order valence-corrected chi connectivity index (χ2v) is 4.19. The van der Waals surface area contributed by atoms with Crippen molar-refractivity contribution >= 4 is 11.7 Å². The van der Waals surface area contributed by atoms with Crippen LogP contribution in [0.1, 0.15) is 25.3 Å². The summed E-state index contributed by atoms with van der Waals surface area (Å²) in [4.78, 5) is 17.2. The quantitative estimate of drug-likeness (QED) is 0.460. The maximum atomic E-state index is 11.0. The second-order valence-electron chi connectivity index (χ2n) is 4.19. The van der Waals surface area contributed by atoms with Gasteiger partial charge >= 0.3 is 0 Å². The third-order valence-corrected chi connectivity index (χ3v) is 2.63. The summed E-state index contributed by atoms with van der Waals surface area (Å²) in [6, 6.07) is 3.78. The van der Waals surface area contributed by atoms with E-state index >= 15 is 0 Å². The number of carbonyl (C=O) groups excluding carboxylic acids is 1. The molecule has 6 nitrogen and oxygen atoms in total. The molecule has 18 heavy (non-hydrogen) atoms. The average Bonchev–Trinajstić information content (AvgIpc) is 2.36. The molecule has 5 N–H and O–H groups in total. The van der Waals surface area contributed by atoms with Gasteiger partial charge in [-0.15, -0.1) is 0 Å². The number of amides is 1. The highest BCUT2D eigenvalue weighted by atomic mass is 16.1. The number of nitrogens with two attached hydrogens (primary N) is 2. The van der Waals surface area contributed by atoms with Crippen molar-refractivity contribution in [3.63, 3.8) is 0 Å². The number of nitrogens with one attached hydrogen (secondary N) is 1. The van der Waals surface area contributed by atoms with Crippen molar-refractivity contribution in [3.05, 3.63) is 23.9 Å². The first-order chi connectivity index (χ1) is 8.67. The molecule has 0 aromatic carbocycles. The highest BCUT2D eigenvalue weighted by Crippen LogP contribution is 2.13. The van der Waals surface area contributed by atoms with Crippen LogP contribution in [0.2, 0.25) is 0 Å². The van der Waals surface area contributed by atoms with Gasteiger partial charge in [0.15, 0.2) is 0 Å². The van der Waals surface area contributed by atoms with Gasteiger partial charge in [-0.3, -0.25) is 9.69 Å². The van der Waals surface area contributed by atoms with Crippen LogP contribution in [0, 0.1) is 0 Å². The highest BCUT2D eigenvalue weighted by Gasteiger charge is 2.11. The van der Waals surface area contributed by atoms with Crippen LogP contribution in [0.5, 0.6) is 0 Å². The highest BCUT2D eigenvalue weighted by molar-refractivity contribution is 5.75. The Hall–Kier alpha value is -1.66. The summed E-state index contributed by atoms with van der Waals surface area (Å²) in [6.07, 6.45) is 3.77. The normalized spacial score (nSPS) is 10.6. The van der Waals surface area contributed by atoms with E-state index in [-0.39, 0.29) is 12.5 Å². The molecule has 0 saturated carbocycles. The van der Waals surface area contributed by atoms with Gasteiger partial charge in [0.2, 0.25) is 5.91 Å². The van der Waals surface area contributed by atoms with E-state index in [0.717, 1.165) is 24.9 Å². The van der Waals surface area contributed by atoms with Crippen LogP contribution < -0.4 is 17.0 Å². The number of carbonyl (C=O) groups is 1. The smallest absolute Gasteiger partial charge is 0.231 e. The molecule has 0 saturated heterocycles. The Morgan fingerprint density at radius 1 is 1.56 bits per heavy atom. The zero-order chi connectivity index (χ0) is 13.4. The summed E-state index contributed by atoms with van der Waals surface area (Å²) in [5.74, 6) is 5.71. The van der Waals surface area contributed by atoms with E-state index in [1.54, 1.807) is 6.20 Å². The minimum Gasteiger partial charge on any atom is -0.369 e. The largest absolute Gasteiger partial charge is 0.369 e. The lowest BCUT2D eigenvalue weighted by Gasteiger charge is -2.21. The lowest BCUT2D eigenvalue weighted by atomic mass is 10.2. The van der Waals surface area contributed by atoms with Gasteiger partial charge in [-0.05, 0) is 19.0 Å². The van der Waals surface area contributed by atoms with E-state index in [2.05, 4.69) is 17.3 Å². The predicted octanol–water partition coefficient (Wildman–Crippen LogP) is 0.455. The van der Waals surface area contributed by atoms with Crippen molar-refractivity contribution in [1.29, 1.82) is 0 Å². The third-order valence-electron chi connectivity index (χ3n) is 2.63. The molecule has 1 heterocycles. The molecule has 0 unspecified atom stereocenters. The first-order valence-electron chi connectivity index (χ1n) is 6.08. The molecule has 1 aromatic heterocycles. The van der Waals surface area contributed by atoms with Crippen molar-refractivity contribution in [1.82, 2.24) is 9.88 Å². The van der Waals surface area contributed by atoms with Crippen molar-refractivity contribution < 1.29 is 4.79 Å². The lowest BCUT2D eigenvalue weighted by molar-refractivity contribution is -0.119. The van der Waals surface area contributed by atoms with Gasteiger partial charge in [0.1, 0.15) is 5.82 Å². The van der Waals surface area contributed by atoms with Gasteiger partial charge in [-0.1, -0.05) is 19.4 Å². The van der Waals surface area contributed by atoms with E-state index in [0.29, 0.717) is 12.4 Å². The molecule has 0 aliphatic heterocycles. The number of nitrogen functional groups attached to an aromatic ring is 1. The van der Waals surface area contributed by atoms with Gasteiger partial charge in [-0.25, -0.2) is 10.8 Å². The van der Waals surface area contributed by atoms with E-state index in [1.807, 2.05) is 17.0 Å². The number of anilines is 1. The minimum absolute atomic E-state index is 0.249. The number of unbranched alkanes of at least 4 members (excludes halogenated alkanes) is 1. The van der Waals surface area contributed by atoms with Gasteiger partial charge < -0.3 is 11.2 Å². The van der Waals surface area contributed by atoms with Gasteiger partial charge in [-0.2, -0.15) is 0 Å². The Balaban J connectivity index is 2.71. The van der Waals surface area contributed by atoms with Crippen molar-refractivity contribution in [2.24, 2.45) is 11.6 Å². The number of pyridine rings is 1. The molecule has 1 aromatic rings. The fraction of sp³-hybridized carbons (Fsp3) is 0.500. The van der Waals surface area contributed by atoms with Gasteiger partial charge in [0.25, 0.3) is 0 Å². The SMILES string of the molecule is CCCCN(CC(N)=O)Cc1cccnc1NN. The third kappa shape index (κ3) is 4.68. The van der Waals surface area contributed by atoms with Crippen LogP contribution >= 0.6 is 0 Å². The molecule has 0 aliphatic carbocycles. The maximum Gasteiger partial charge on any atom is 0.231 e. The molecule has 1 rings (SSSR count). The lowest BCUT2D eigenvalue weighted by Crippen LogP contribution is -2.34. The van der Waals surface area contributed by atoms with Crippen molar-refractivity contribution in [2.45, 2.75) is 26.3 Å². The molecule has 100 valence electrons. The summed E-state index contributed by atoms with van der Waals surface area (Å²) in [5, 5.41) is 0. The van der Waals surface area contributed by atoms with Crippen molar-refractivity contribution in [3.8, 4) is 0 Å². The van der Waals surface area contributed by atoms with E-state index < -0.39 is 0 Å². The predicted molar refractivity (Wildman–Crippen MR) is 71.4 cm³/mol. The molecule has 6 heteroatoms. The maximum absolute atomic E-state index is 11.0. The summed E-state index contributed by atoms with van der Waals surface area (Å²) in [7, 11) is 0. The number of rotatable bonds is 8. The molecule has 0 atom stereocenters. The fourth-order valence-electron chi connectivity index (χ4n) is 1.75. The zero-order valence-corrected chi connectivity index (χ0v) is 10.7. The monoisotopic (exact) mass is 251 g/mol. The van der Waals surface area contributed by atoms with Crippen LogP contribution in [0.3, 0.4) is 0 Å². The minimum atomic E-state index is -0.322. The second kappa shape index (κ2) is 7.62. The average molecular weight is 251 g/mol. The van der Waals surface area contributed by atoms with Crippen molar-refractivity contribution in [2.75, 3.05) is 18.5 Å². The van der Waals surface area contributed by atoms with Crippen LogP contribution in [0.25, 0.3) is 0 Å². The standard InChI is InChI=1S/C12H21N5O/c1-2-3-7-17(9-11(13)18)8-10-5-4-6-15-12(10)16-14/h4-6H,2-3,7-9,14H2,1H3,(H2,13,18)(H,15,16). The molecule has 0 spiro atoms. The number of hydrogen-bond acceptors (Lipinski definition) is 5. The van der Waals surface area contributed by atoms with Crippen LogP contribution in [-0.2, 0) is 11.3 Å². The van der Waals surface area contributed by atoms with Crippen LogP contribution in [-0.4, -0.2) is 28.9 Å². The first-order valence-corrected chi connectivity index (χ1v) is 6.08. The number of hydrazine groups is 1. The van der Waals surface area contributed by atoms with Crippen LogP contribution in [0.15, 0.2) is 18.3 Å². The molecular weight excluding hydrogens is 230 g/mol. The molecule has 0 fully saturated rings. The Labute approximate surface area is 107 Å². The van der Waals surface area contributed by atoms with E-state index in [4.69, 9.17) is 11.6 Å². The topological polar surface area (TPSA) is 97.3 Å². The zero-order valence-electron chi connectivity index (χ0n) is 10.7. The summed E-state index contributed by atoms with van der Waals surface area (Å²) in [6.45, 7) is 3.80. The van der Waals surface area contributed by atoms with Crippen LogP contribution in [0.4, 0.5) is 5.82 Å². The summed E-state index contributed by atoms with van der Waals surface area (Å²) >= 11 is 0. The fourth-order valence-corrected chi connectivity index (χ4v) is 1.75. The molecule has 0 bridgehead atoms. The number of primary amides is 1. The number of hydrogen-bond donors (Lipinski definition) is 3. The Morgan fingerprint density at radius 3 is 2.94 bits per heavy atom. The molecule has 1 amide bonds. The molecule has 0 radical (unpaired) electrons. The summed E-state index contributed by atoms with van der Waals surface area (Å²) < 4.78 is 0. The Kier molecular flexibility index (Phi) is 6.10. The molecular formula is C12H21N5O. The number of aromatic nitrogens is 1. The van der Waals surface area contributed by atoms with E-state index in [9.17, 15) is 4.79 Å². The molecule has 0 aliphatic rings.